The van der Waals surface area contributed by atoms with Crippen molar-refractivity contribution in [2.24, 2.45) is 5.73 Å². The molecule has 8 heteroatoms. The Morgan fingerprint density at radius 2 is 1.96 bits per heavy atom. The van der Waals surface area contributed by atoms with Crippen molar-refractivity contribution < 1.29 is 9.59 Å². The lowest BCUT2D eigenvalue weighted by molar-refractivity contribution is -0.116. The van der Waals surface area contributed by atoms with Crippen LogP contribution in [0.3, 0.4) is 0 Å². The van der Waals surface area contributed by atoms with Crippen LogP contribution in [-0.2, 0) is 11.3 Å². The SMILES string of the molecule is NCC(=O)c1ccccc1NC(=O)Cn1cnc2ccc(Cl)cc2c1=O. The van der Waals surface area contributed by atoms with Gasteiger partial charge in [-0.1, -0.05) is 23.7 Å². The number of amides is 1. The maximum Gasteiger partial charge on any atom is 0.261 e. The molecule has 3 N–H and O–H groups in total. The summed E-state index contributed by atoms with van der Waals surface area (Å²) in [6.07, 6.45) is 1.30. The van der Waals surface area contributed by atoms with Crippen LogP contribution in [0.25, 0.3) is 10.9 Å². The number of carbonyl (C=O) groups is 2. The van der Waals surface area contributed by atoms with E-state index in [2.05, 4.69) is 10.3 Å². The molecule has 0 aliphatic carbocycles. The van der Waals surface area contributed by atoms with Crippen LogP contribution in [0.15, 0.2) is 53.6 Å². The van der Waals surface area contributed by atoms with Crippen LogP contribution in [0.1, 0.15) is 10.4 Å². The number of aromatic nitrogens is 2. The van der Waals surface area contributed by atoms with Crippen molar-refractivity contribution in [3.8, 4) is 0 Å². The third-order valence-electron chi connectivity index (χ3n) is 3.79. The van der Waals surface area contributed by atoms with Gasteiger partial charge in [0.2, 0.25) is 5.91 Å². The predicted molar refractivity (Wildman–Crippen MR) is 99.5 cm³/mol. The first-order chi connectivity index (χ1) is 12.5. The molecule has 0 fully saturated rings. The molecular weight excluding hydrogens is 356 g/mol. The molecule has 0 saturated heterocycles. The third-order valence-corrected chi connectivity index (χ3v) is 4.02. The van der Waals surface area contributed by atoms with Gasteiger partial charge in [-0.2, -0.15) is 0 Å². The first-order valence-electron chi connectivity index (χ1n) is 7.76. The Balaban J connectivity index is 1.86. The topological polar surface area (TPSA) is 107 Å². The van der Waals surface area contributed by atoms with Gasteiger partial charge in [0.15, 0.2) is 5.78 Å². The van der Waals surface area contributed by atoms with E-state index in [1.54, 1.807) is 36.4 Å². The maximum absolute atomic E-state index is 12.5. The zero-order chi connectivity index (χ0) is 18.7. The number of benzene rings is 2. The Bertz CT molecular complexity index is 1060. The summed E-state index contributed by atoms with van der Waals surface area (Å²) >= 11 is 5.92. The lowest BCUT2D eigenvalue weighted by Gasteiger charge is -2.11. The van der Waals surface area contributed by atoms with Crippen LogP contribution in [0.5, 0.6) is 0 Å². The Hall–Kier alpha value is -3.03. The summed E-state index contributed by atoms with van der Waals surface area (Å²) in [7, 11) is 0. The highest BCUT2D eigenvalue weighted by Crippen LogP contribution is 2.16. The molecule has 0 atom stereocenters. The van der Waals surface area contributed by atoms with Gasteiger partial charge in [0.1, 0.15) is 6.54 Å². The van der Waals surface area contributed by atoms with Crippen LogP contribution in [0, 0.1) is 0 Å². The van der Waals surface area contributed by atoms with Crippen molar-refractivity contribution in [2.75, 3.05) is 11.9 Å². The molecule has 0 spiro atoms. The number of carbonyl (C=O) groups excluding carboxylic acids is 2. The van der Waals surface area contributed by atoms with E-state index in [1.807, 2.05) is 0 Å². The average Bonchev–Trinajstić information content (AvgIpc) is 2.64. The highest BCUT2D eigenvalue weighted by molar-refractivity contribution is 6.31. The molecular formula is C18H15ClN4O3. The fourth-order valence-corrected chi connectivity index (χ4v) is 2.71. The molecule has 1 heterocycles. The largest absolute Gasteiger partial charge is 0.324 e. The van der Waals surface area contributed by atoms with Crippen molar-refractivity contribution >= 4 is 39.9 Å². The fourth-order valence-electron chi connectivity index (χ4n) is 2.53. The van der Waals surface area contributed by atoms with Gasteiger partial charge in [0, 0.05) is 10.6 Å². The summed E-state index contributed by atoms with van der Waals surface area (Å²) in [5, 5.41) is 3.37. The minimum Gasteiger partial charge on any atom is -0.324 e. The van der Waals surface area contributed by atoms with Crippen LogP contribution < -0.4 is 16.6 Å². The minimum atomic E-state index is -0.465. The fraction of sp³-hybridized carbons (Fsp3) is 0.111. The number of hydrogen-bond donors (Lipinski definition) is 2. The summed E-state index contributed by atoms with van der Waals surface area (Å²) in [6.45, 7) is -0.416. The molecule has 0 bridgehead atoms. The first kappa shape index (κ1) is 17.8. The normalized spacial score (nSPS) is 10.7. The second-order valence-electron chi connectivity index (χ2n) is 5.56. The van der Waals surface area contributed by atoms with E-state index in [0.717, 1.165) is 0 Å². The monoisotopic (exact) mass is 370 g/mol. The summed E-state index contributed by atoms with van der Waals surface area (Å²) < 4.78 is 1.18. The van der Waals surface area contributed by atoms with E-state index in [4.69, 9.17) is 17.3 Å². The number of nitrogens with zero attached hydrogens (tertiary/aromatic N) is 2. The van der Waals surface area contributed by atoms with Crippen LogP contribution >= 0.6 is 11.6 Å². The van der Waals surface area contributed by atoms with Crippen molar-refractivity contribution in [3.05, 3.63) is 69.7 Å². The summed E-state index contributed by atoms with van der Waals surface area (Å²) in [4.78, 5) is 40.8. The van der Waals surface area contributed by atoms with Crippen molar-refractivity contribution in [2.45, 2.75) is 6.54 Å². The van der Waals surface area contributed by atoms with Gasteiger partial charge in [-0.25, -0.2) is 4.98 Å². The predicted octanol–water partition coefficient (Wildman–Crippen LogP) is 1.83. The number of rotatable bonds is 5. The van der Waals surface area contributed by atoms with Crippen LogP contribution in [0.4, 0.5) is 5.69 Å². The summed E-state index contributed by atoms with van der Waals surface area (Å²) in [5.74, 6) is -0.757. The van der Waals surface area contributed by atoms with E-state index in [9.17, 15) is 14.4 Å². The molecule has 26 heavy (non-hydrogen) atoms. The zero-order valence-electron chi connectivity index (χ0n) is 13.6. The van der Waals surface area contributed by atoms with E-state index in [-0.39, 0.29) is 24.4 Å². The number of halogens is 1. The van der Waals surface area contributed by atoms with Crippen molar-refractivity contribution in [1.29, 1.82) is 0 Å². The maximum atomic E-state index is 12.5. The third kappa shape index (κ3) is 3.63. The Labute approximate surface area is 153 Å². The van der Waals surface area contributed by atoms with Gasteiger partial charge in [-0.05, 0) is 30.3 Å². The quantitative estimate of drug-likeness (QED) is 0.666. The van der Waals surface area contributed by atoms with Gasteiger partial charge in [-0.15, -0.1) is 0 Å². The lowest BCUT2D eigenvalue weighted by atomic mass is 10.1. The lowest BCUT2D eigenvalue weighted by Crippen LogP contribution is -2.28. The smallest absolute Gasteiger partial charge is 0.261 e. The van der Waals surface area contributed by atoms with Gasteiger partial charge in [0.25, 0.3) is 5.56 Å². The summed E-state index contributed by atoms with van der Waals surface area (Å²) in [5.41, 5.74) is 6.17. The van der Waals surface area contributed by atoms with E-state index in [0.29, 0.717) is 27.2 Å². The van der Waals surface area contributed by atoms with E-state index >= 15 is 0 Å². The molecule has 2 aromatic carbocycles. The first-order valence-corrected chi connectivity index (χ1v) is 8.14. The molecule has 0 aliphatic heterocycles. The summed E-state index contributed by atoms with van der Waals surface area (Å²) in [6, 6.07) is 11.3. The number of nitrogens with two attached hydrogens (primary N) is 1. The Morgan fingerprint density at radius 1 is 1.19 bits per heavy atom. The van der Waals surface area contributed by atoms with Gasteiger partial charge < -0.3 is 11.1 Å². The van der Waals surface area contributed by atoms with Crippen molar-refractivity contribution in [3.63, 3.8) is 0 Å². The second-order valence-corrected chi connectivity index (χ2v) is 6.00. The number of para-hydroxylation sites is 1. The number of fused-ring (bicyclic) bond motifs is 1. The number of nitrogens with one attached hydrogen (secondary N) is 1. The molecule has 0 saturated carbocycles. The molecule has 1 amide bonds. The number of hydrogen-bond acceptors (Lipinski definition) is 5. The molecule has 0 unspecified atom stereocenters. The van der Waals surface area contributed by atoms with Crippen LogP contribution in [0.2, 0.25) is 5.02 Å². The minimum absolute atomic E-state index is 0.165. The highest BCUT2D eigenvalue weighted by Gasteiger charge is 2.13. The zero-order valence-corrected chi connectivity index (χ0v) is 14.4. The molecule has 7 nitrogen and oxygen atoms in total. The average molecular weight is 371 g/mol. The molecule has 0 radical (unpaired) electrons. The molecule has 1 aromatic heterocycles. The standard InChI is InChI=1S/C18H15ClN4O3/c19-11-5-6-14-13(7-11)18(26)23(10-21-14)9-17(25)22-15-4-2-1-3-12(15)16(24)8-20/h1-7,10H,8-9,20H2,(H,22,25). The Morgan fingerprint density at radius 3 is 2.73 bits per heavy atom. The molecule has 0 aliphatic rings. The van der Waals surface area contributed by atoms with Gasteiger partial charge >= 0.3 is 0 Å². The highest BCUT2D eigenvalue weighted by atomic mass is 35.5. The number of anilines is 1. The number of ketones is 1. The molecule has 132 valence electrons. The van der Waals surface area contributed by atoms with Gasteiger partial charge in [0.05, 0.1) is 29.5 Å². The number of Topliss-reactive ketones (excluding diaryl/α,β-unsaturated/α-hetero) is 1. The van der Waals surface area contributed by atoms with E-state index < -0.39 is 5.91 Å². The molecule has 3 aromatic rings. The molecule has 3 rings (SSSR count). The van der Waals surface area contributed by atoms with Crippen molar-refractivity contribution in [1.82, 2.24) is 9.55 Å². The Kier molecular flexibility index (Phi) is 5.11. The van der Waals surface area contributed by atoms with Gasteiger partial charge in [-0.3, -0.25) is 19.0 Å². The second kappa shape index (κ2) is 7.47. The van der Waals surface area contributed by atoms with E-state index in [1.165, 1.54) is 17.0 Å². The van der Waals surface area contributed by atoms with Crippen LogP contribution in [-0.4, -0.2) is 27.8 Å².